The molecular formula is C45H82NO10P. The number of phosphoric acid groups is 1. The molecule has 57 heavy (non-hydrogen) atoms. The Bertz CT molecular complexity index is 1110. The lowest BCUT2D eigenvalue weighted by Gasteiger charge is -2.18. The van der Waals surface area contributed by atoms with E-state index in [-0.39, 0.29) is 12.8 Å². The summed E-state index contributed by atoms with van der Waals surface area (Å²) in [6.45, 7) is 2.55. The number of unbranched alkanes of at least 4 members (excludes halogenated alkanes) is 22. The summed E-state index contributed by atoms with van der Waals surface area (Å²) >= 11 is 0. The molecule has 0 bridgehead atoms. The van der Waals surface area contributed by atoms with Crippen LogP contribution in [0.2, 0.25) is 0 Å². The monoisotopic (exact) mass is 828 g/mol. The van der Waals surface area contributed by atoms with E-state index in [0.29, 0.717) is 12.8 Å². The highest BCUT2D eigenvalue weighted by atomic mass is 31.2. The molecule has 0 fully saturated rings. The Morgan fingerprint density at radius 2 is 0.965 bits per heavy atom. The van der Waals surface area contributed by atoms with Gasteiger partial charge in [0.2, 0.25) is 5.91 Å². The van der Waals surface area contributed by atoms with Crippen molar-refractivity contribution in [1.29, 1.82) is 0 Å². The number of hydrogen-bond acceptors (Lipinski definition) is 8. The number of rotatable bonds is 42. The number of aliphatic hydroxyl groups excluding tert-OH is 1. The number of carboxylic acids is 1. The van der Waals surface area contributed by atoms with Crippen LogP contribution in [-0.2, 0) is 32.7 Å². The van der Waals surface area contributed by atoms with Gasteiger partial charge >= 0.3 is 19.8 Å². The zero-order valence-electron chi connectivity index (χ0n) is 35.9. The van der Waals surface area contributed by atoms with E-state index in [0.717, 1.165) is 70.6 Å². The summed E-state index contributed by atoms with van der Waals surface area (Å²) in [5.41, 5.74) is 0. The maximum atomic E-state index is 12.3. The molecule has 0 aromatic carbocycles. The Morgan fingerprint density at radius 3 is 1.47 bits per heavy atom. The molecule has 332 valence electrons. The minimum absolute atomic E-state index is 0.129. The molecule has 0 aliphatic heterocycles. The number of amides is 1. The van der Waals surface area contributed by atoms with Crippen molar-refractivity contribution < 1.29 is 47.8 Å². The number of phosphoric ester groups is 1. The fraction of sp³-hybridized carbons (Fsp3) is 0.800. The number of aliphatic carboxylic acids is 1. The average molecular weight is 828 g/mol. The predicted molar refractivity (Wildman–Crippen MR) is 231 cm³/mol. The molecule has 0 saturated heterocycles. The molecule has 0 rings (SSSR count). The smallest absolute Gasteiger partial charge is 0.472 e. The van der Waals surface area contributed by atoms with Crippen molar-refractivity contribution in [3.8, 4) is 0 Å². The molecule has 4 N–H and O–H groups in total. The van der Waals surface area contributed by atoms with Gasteiger partial charge in [0, 0.05) is 12.8 Å². The zero-order valence-corrected chi connectivity index (χ0v) is 36.8. The van der Waals surface area contributed by atoms with E-state index in [4.69, 9.17) is 13.8 Å². The SMILES string of the molecule is CCCCC/C=C\C/C=C\CCCCCCCC(=O)NC(COP(=O)(O)OCC(O)COC(=O)CCCCCCCCC/C=C\CCCCCCCCC)C(=O)O. The van der Waals surface area contributed by atoms with E-state index in [2.05, 4.69) is 55.6 Å². The zero-order chi connectivity index (χ0) is 42.1. The summed E-state index contributed by atoms with van der Waals surface area (Å²) in [4.78, 5) is 45.9. The second-order valence-electron chi connectivity index (χ2n) is 15.2. The van der Waals surface area contributed by atoms with Gasteiger partial charge in [0.25, 0.3) is 0 Å². The van der Waals surface area contributed by atoms with Gasteiger partial charge < -0.3 is 25.2 Å². The fourth-order valence-electron chi connectivity index (χ4n) is 6.10. The summed E-state index contributed by atoms with van der Waals surface area (Å²) in [5.74, 6) is -2.39. The van der Waals surface area contributed by atoms with Crippen LogP contribution < -0.4 is 5.32 Å². The Balaban J connectivity index is 3.90. The molecule has 0 aliphatic rings. The highest BCUT2D eigenvalue weighted by Gasteiger charge is 2.28. The molecule has 0 spiro atoms. The first-order chi connectivity index (χ1) is 27.6. The number of ether oxygens (including phenoxy) is 1. The number of carboxylic acid groups (broad SMARTS) is 1. The van der Waals surface area contributed by atoms with Crippen LogP contribution in [0, 0.1) is 0 Å². The number of hydrogen-bond donors (Lipinski definition) is 4. The molecule has 3 atom stereocenters. The van der Waals surface area contributed by atoms with Crippen molar-refractivity contribution in [3.05, 3.63) is 36.5 Å². The maximum absolute atomic E-state index is 12.3. The van der Waals surface area contributed by atoms with Gasteiger partial charge in [-0.15, -0.1) is 0 Å². The summed E-state index contributed by atoms with van der Waals surface area (Å²) in [5, 5.41) is 21.8. The van der Waals surface area contributed by atoms with E-state index >= 15 is 0 Å². The third-order valence-corrected chi connectivity index (χ3v) is 10.6. The lowest BCUT2D eigenvalue weighted by Crippen LogP contribution is -2.43. The van der Waals surface area contributed by atoms with Crippen molar-refractivity contribution in [2.24, 2.45) is 0 Å². The Hall–Kier alpha value is -2.30. The first kappa shape index (κ1) is 54.7. The van der Waals surface area contributed by atoms with E-state index in [1.807, 2.05) is 0 Å². The molecule has 12 heteroatoms. The van der Waals surface area contributed by atoms with Gasteiger partial charge in [-0.25, -0.2) is 9.36 Å². The van der Waals surface area contributed by atoms with Crippen LogP contribution in [0.5, 0.6) is 0 Å². The predicted octanol–water partition coefficient (Wildman–Crippen LogP) is 11.6. The molecule has 0 heterocycles. The van der Waals surface area contributed by atoms with Crippen LogP contribution in [0.15, 0.2) is 36.5 Å². The second kappa shape index (κ2) is 40.5. The van der Waals surface area contributed by atoms with Crippen LogP contribution in [-0.4, -0.2) is 64.9 Å². The minimum Gasteiger partial charge on any atom is -0.480 e. The van der Waals surface area contributed by atoms with Gasteiger partial charge in [0.1, 0.15) is 12.7 Å². The van der Waals surface area contributed by atoms with Gasteiger partial charge in [-0.2, -0.15) is 0 Å². The lowest BCUT2D eigenvalue weighted by atomic mass is 10.1. The molecule has 3 unspecified atom stereocenters. The van der Waals surface area contributed by atoms with Crippen molar-refractivity contribution in [3.63, 3.8) is 0 Å². The number of carbonyl (C=O) groups excluding carboxylic acids is 2. The normalized spacial score (nSPS) is 14.0. The summed E-state index contributed by atoms with van der Waals surface area (Å²) in [7, 11) is -4.76. The third-order valence-electron chi connectivity index (χ3n) is 9.65. The Morgan fingerprint density at radius 1 is 0.561 bits per heavy atom. The van der Waals surface area contributed by atoms with Gasteiger partial charge in [-0.1, -0.05) is 153 Å². The van der Waals surface area contributed by atoms with Crippen molar-refractivity contribution in [2.45, 2.75) is 212 Å². The van der Waals surface area contributed by atoms with Crippen molar-refractivity contribution in [1.82, 2.24) is 5.32 Å². The first-order valence-electron chi connectivity index (χ1n) is 22.5. The van der Waals surface area contributed by atoms with Crippen molar-refractivity contribution >= 4 is 25.7 Å². The molecular weight excluding hydrogens is 745 g/mol. The highest BCUT2D eigenvalue weighted by molar-refractivity contribution is 7.47. The molecule has 0 aromatic rings. The van der Waals surface area contributed by atoms with E-state index in [9.17, 15) is 34.1 Å². The second-order valence-corrected chi connectivity index (χ2v) is 16.7. The first-order valence-corrected chi connectivity index (χ1v) is 24.0. The largest absolute Gasteiger partial charge is 0.480 e. The number of carbonyl (C=O) groups is 3. The van der Waals surface area contributed by atoms with Crippen LogP contribution >= 0.6 is 7.82 Å². The van der Waals surface area contributed by atoms with Crippen molar-refractivity contribution in [2.75, 3.05) is 19.8 Å². The summed E-state index contributed by atoms with van der Waals surface area (Å²) in [6.07, 6.45) is 43.1. The van der Waals surface area contributed by atoms with Gasteiger partial charge in [-0.05, 0) is 70.6 Å². The van der Waals surface area contributed by atoms with E-state index < -0.39 is 57.6 Å². The fourth-order valence-corrected chi connectivity index (χ4v) is 6.88. The summed E-state index contributed by atoms with van der Waals surface area (Å²) in [6, 6.07) is -1.55. The van der Waals surface area contributed by atoms with Gasteiger partial charge in [0.15, 0.2) is 6.04 Å². The molecule has 1 amide bonds. The molecule has 0 radical (unpaired) electrons. The van der Waals surface area contributed by atoms with Crippen LogP contribution in [0.4, 0.5) is 0 Å². The van der Waals surface area contributed by atoms with Gasteiger partial charge in [0.05, 0.1) is 13.2 Å². The molecule has 0 saturated carbocycles. The highest BCUT2D eigenvalue weighted by Crippen LogP contribution is 2.43. The van der Waals surface area contributed by atoms with Crippen LogP contribution in [0.25, 0.3) is 0 Å². The number of allylic oxidation sites excluding steroid dienone is 6. The van der Waals surface area contributed by atoms with E-state index in [1.54, 1.807) is 0 Å². The quantitative estimate of drug-likeness (QED) is 0.0201. The number of esters is 1. The van der Waals surface area contributed by atoms with E-state index in [1.165, 1.54) is 89.9 Å². The minimum atomic E-state index is -4.76. The lowest BCUT2D eigenvalue weighted by molar-refractivity contribution is -0.147. The molecule has 0 aliphatic carbocycles. The third kappa shape index (κ3) is 40.3. The van der Waals surface area contributed by atoms with Crippen LogP contribution in [0.1, 0.15) is 200 Å². The number of aliphatic hydroxyl groups is 1. The topological polar surface area (TPSA) is 169 Å². The summed E-state index contributed by atoms with van der Waals surface area (Å²) < 4.78 is 26.8. The standard InChI is InChI=1S/C45H82NO10P/c1-3-5-7-9-11-13-15-17-19-20-21-23-25-27-29-31-33-35-37-44(49)54-38-41(47)39-55-57(52,53)56-40-42(45(50)51)46-43(48)36-34-32-30-28-26-24-22-18-16-14-12-10-8-6-4-2/h12,14,18-20,22,41-42,47H,3-11,13,15-17,21,23-40H2,1-2H3,(H,46,48)(H,50,51)(H,52,53)/b14-12-,20-19-,22-18-. The Kier molecular flexibility index (Phi) is 38.8. The van der Waals surface area contributed by atoms with Crippen LogP contribution in [0.3, 0.4) is 0 Å². The Labute approximate surface area is 346 Å². The molecule has 11 nitrogen and oxygen atoms in total. The van der Waals surface area contributed by atoms with Gasteiger partial charge in [-0.3, -0.25) is 18.6 Å². The average Bonchev–Trinajstić information content (AvgIpc) is 3.18. The number of nitrogens with one attached hydrogen (secondary N) is 1. The molecule has 0 aromatic heterocycles. The maximum Gasteiger partial charge on any atom is 0.472 e.